The molecule has 0 aromatic heterocycles. The van der Waals surface area contributed by atoms with Gasteiger partial charge in [0, 0.05) is 38.9 Å². The lowest BCUT2D eigenvalue weighted by molar-refractivity contribution is 0.565. The molecule has 1 unspecified atom stereocenters. The Hall–Kier alpha value is -1.76. The van der Waals surface area contributed by atoms with E-state index in [0.29, 0.717) is 5.92 Å². The molecule has 1 heterocycles. The molecule has 2 aromatic carbocycles. The first-order valence-corrected chi connectivity index (χ1v) is 9.63. The van der Waals surface area contributed by atoms with E-state index in [1.807, 2.05) is 7.05 Å². The number of nitrogens with zero attached hydrogens (tertiary/aromatic N) is 2. The molecule has 0 aliphatic carbocycles. The number of para-hydroxylation sites is 1. The van der Waals surface area contributed by atoms with Crippen molar-refractivity contribution < 1.29 is 0 Å². The van der Waals surface area contributed by atoms with Gasteiger partial charge in [0.15, 0.2) is 5.96 Å². The van der Waals surface area contributed by atoms with Crippen molar-refractivity contribution in [2.45, 2.75) is 19.3 Å². The Bertz CT molecular complexity index is 675. The van der Waals surface area contributed by atoms with Crippen LogP contribution in [0.3, 0.4) is 0 Å². The molecule has 1 aliphatic heterocycles. The standard InChI is InChI=1S/C22H30N4.HI/c1-23-22(24-15-8-11-19-9-4-2-5-10-19)25-17-20-14-16-26(18-20)21-12-6-3-7-13-21;/h2-7,9-10,12-13,20H,8,11,14-18H2,1H3,(H2,23,24,25);1H. The van der Waals surface area contributed by atoms with Crippen molar-refractivity contribution in [3.8, 4) is 0 Å². The highest BCUT2D eigenvalue weighted by Crippen LogP contribution is 2.22. The lowest BCUT2D eigenvalue weighted by atomic mass is 10.1. The number of aliphatic imine (C=N–C) groups is 1. The maximum absolute atomic E-state index is 4.35. The summed E-state index contributed by atoms with van der Waals surface area (Å²) in [4.78, 5) is 6.83. The summed E-state index contributed by atoms with van der Waals surface area (Å²) in [5.74, 6) is 1.58. The molecule has 0 bridgehead atoms. The fourth-order valence-corrected chi connectivity index (χ4v) is 3.48. The van der Waals surface area contributed by atoms with Gasteiger partial charge in [0.1, 0.15) is 0 Å². The number of rotatable bonds is 7. The summed E-state index contributed by atoms with van der Waals surface area (Å²) in [6.07, 6.45) is 3.43. The Morgan fingerprint density at radius 3 is 2.44 bits per heavy atom. The van der Waals surface area contributed by atoms with Crippen molar-refractivity contribution in [2.75, 3.05) is 38.1 Å². The Morgan fingerprint density at radius 1 is 1.04 bits per heavy atom. The molecule has 4 nitrogen and oxygen atoms in total. The fourth-order valence-electron chi connectivity index (χ4n) is 3.48. The molecule has 146 valence electrons. The van der Waals surface area contributed by atoms with Crippen LogP contribution in [-0.4, -0.2) is 39.2 Å². The summed E-state index contributed by atoms with van der Waals surface area (Å²) >= 11 is 0. The van der Waals surface area contributed by atoms with E-state index in [-0.39, 0.29) is 24.0 Å². The van der Waals surface area contributed by atoms with Crippen LogP contribution in [0.25, 0.3) is 0 Å². The first-order chi connectivity index (χ1) is 12.8. The highest BCUT2D eigenvalue weighted by atomic mass is 127. The molecule has 2 aromatic rings. The van der Waals surface area contributed by atoms with Crippen LogP contribution in [0.15, 0.2) is 65.7 Å². The van der Waals surface area contributed by atoms with Gasteiger partial charge in [0.05, 0.1) is 0 Å². The van der Waals surface area contributed by atoms with Crippen molar-refractivity contribution in [3.05, 3.63) is 66.2 Å². The second-order valence-corrected chi connectivity index (χ2v) is 6.91. The fraction of sp³-hybridized carbons (Fsp3) is 0.409. The van der Waals surface area contributed by atoms with Gasteiger partial charge in [-0.3, -0.25) is 4.99 Å². The molecule has 1 fully saturated rings. The number of anilines is 1. The van der Waals surface area contributed by atoms with Crippen LogP contribution in [-0.2, 0) is 6.42 Å². The van der Waals surface area contributed by atoms with Crippen LogP contribution in [0.5, 0.6) is 0 Å². The Kier molecular flexibility index (Phi) is 9.45. The van der Waals surface area contributed by atoms with Gasteiger partial charge in [-0.1, -0.05) is 48.5 Å². The van der Waals surface area contributed by atoms with Gasteiger partial charge >= 0.3 is 0 Å². The average Bonchev–Trinajstić information content (AvgIpc) is 3.18. The Morgan fingerprint density at radius 2 is 1.74 bits per heavy atom. The monoisotopic (exact) mass is 478 g/mol. The first-order valence-electron chi connectivity index (χ1n) is 9.63. The van der Waals surface area contributed by atoms with E-state index in [2.05, 4.69) is 81.2 Å². The van der Waals surface area contributed by atoms with Crippen molar-refractivity contribution in [3.63, 3.8) is 0 Å². The predicted molar refractivity (Wildman–Crippen MR) is 126 cm³/mol. The number of hydrogen-bond donors (Lipinski definition) is 2. The summed E-state index contributed by atoms with van der Waals surface area (Å²) in [7, 11) is 1.84. The molecule has 1 atom stereocenters. The highest BCUT2D eigenvalue weighted by molar-refractivity contribution is 14.0. The van der Waals surface area contributed by atoms with Crippen molar-refractivity contribution in [2.24, 2.45) is 10.9 Å². The zero-order chi connectivity index (χ0) is 18.0. The van der Waals surface area contributed by atoms with Gasteiger partial charge in [-0.25, -0.2) is 0 Å². The molecular formula is C22H31IN4. The minimum Gasteiger partial charge on any atom is -0.371 e. The number of guanidine groups is 1. The van der Waals surface area contributed by atoms with Crippen molar-refractivity contribution in [1.82, 2.24) is 10.6 Å². The van der Waals surface area contributed by atoms with Crippen LogP contribution in [0.2, 0.25) is 0 Å². The maximum Gasteiger partial charge on any atom is 0.190 e. The molecule has 0 saturated carbocycles. The molecular weight excluding hydrogens is 447 g/mol. The zero-order valence-corrected chi connectivity index (χ0v) is 18.4. The van der Waals surface area contributed by atoms with Gasteiger partial charge in [0.25, 0.3) is 0 Å². The maximum atomic E-state index is 4.35. The lowest BCUT2D eigenvalue weighted by Gasteiger charge is -2.19. The summed E-state index contributed by atoms with van der Waals surface area (Å²) < 4.78 is 0. The molecule has 3 rings (SSSR count). The first kappa shape index (κ1) is 21.5. The van der Waals surface area contributed by atoms with Gasteiger partial charge in [-0.05, 0) is 42.9 Å². The molecule has 2 N–H and O–H groups in total. The number of benzene rings is 2. The minimum atomic E-state index is 0. The van der Waals surface area contributed by atoms with E-state index in [4.69, 9.17) is 0 Å². The third-order valence-electron chi connectivity index (χ3n) is 4.97. The lowest BCUT2D eigenvalue weighted by Crippen LogP contribution is -2.40. The van der Waals surface area contributed by atoms with Gasteiger partial charge in [0.2, 0.25) is 0 Å². The summed E-state index contributed by atoms with van der Waals surface area (Å²) in [5.41, 5.74) is 2.72. The SMILES string of the molecule is CN=C(NCCCc1ccccc1)NCC1CCN(c2ccccc2)C1.I. The zero-order valence-electron chi connectivity index (χ0n) is 16.1. The molecule has 0 amide bonds. The third kappa shape index (κ3) is 7.05. The highest BCUT2D eigenvalue weighted by Gasteiger charge is 2.22. The van der Waals surface area contributed by atoms with E-state index < -0.39 is 0 Å². The Labute approximate surface area is 180 Å². The molecule has 0 radical (unpaired) electrons. The van der Waals surface area contributed by atoms with E-state index in [9.17, 15) is 0 Å². The topological polar surface area (TPSA) is 39.7 Å². The quantitative estimate of drug-likeness (QED) is 0.274. The van der Waals surface area contributed by atoms with E-state index in [1.165, 1.54) is 17.7 Å². The summed E-state index contributed by atoms with van der Waals surface area (Å²) in [6, 6.07) is 21.3. The average molecular weight is 478 g/mol. The van der Waals surface area contributed by atoms with Gasteiger partial charge in [-0.2, -0.15) is 0 Å². The number of halogens is 1. The van der Waals surface area contributed by atoms with Crippen LogP contribution in [0, 0.1) is 5.92 Å². The van der Waals surface area contributed by atoms with Crippen LogP contribution < -0.4 is 15.5 Å². The Balaban J connectivity index is 0.00000261. The molecule has 0 spiro atoms. The normalized spacial score (nSPS) is 16.7. The van der Waals surface area contributed by atoms with Crippen molar-refractivity contribution >= 4 is 35.6 Å². The number of aryl methyl sites for hydroxylation is 1. The van der Waals surface area contributed by atoms with E-state index in [0.717, 1.165) is 45.0 Å². The number of nitrogens with one attached hydrogen (secondary N) is 2. The van der Waals surface area contributed by atoms with Crippen LogP contribution in [0.4, 0.5) is 5.69 Å². The second-order valence-electron chi connectivity index (χ2n) is 6.91. The van der Waals surface area contributed by atoms with E-state index >= 15 is 0 Å². The third-order valence-corrected chi connectivity index (χ3v) is 4.97. The molecule has 27 heavy (non-hydrogen) atoms. The predicted octanol–water partition coefficient (Wildman–Crippen LogP) is 3.93. The number of hydrogen-bond acceptors (Lipinski definition) is 2. The van der Waals surface area contributed by atoms with E-state index in [1.54, 1.807) is 0 Å². The molecule has 5 heteroatoms. The van der Waals surface area contributed by atoms with Crippen LogP contribution >= 0.6 is 24.0 Å². The van der Waals surface area contributed by atoms with Crippen molar-refractivity contribution in [1.29, 1.82) is 0 Å². The second kappa shape index (κ2) is 11.8. The minimum absolute atomic E-state index is 0. The smallest absolute Gasteiger partial charge is 0.190 e. The summed E-state index contributed by atoms with van der Waals surface area (Å²) in [5, 5.41) is 6.93. The largest absolute Gasteiger partial charge is 0.371 e. The van der Waals surface area contributed by atoms with Gasteiger partial charge < -0.3 is 15.5 Å². The summed E-state index contributed by atoms with van der Waals surface area (Å²) in [6.45, 7) is 4.17. The van der Waals surface area contributed by atoms with Crippen LogP contribution in [0.1, 0.15) is 18.4 Å². The van der Waals surface area contributed by atoms with Gasteiger partial charge in [-0.15, -0.1) is 24.0 Å². The molecule has 1 aliphatic rings. The molecule has 1 saturated heterocycles.